The summed E-state index contributed by atoms with van der Waals surface area (Å²) in [5.41, 5.74) is 3.84. The van der Waals surface area contributed by atoms with Crippen LogP contribution in [0.5, 0.6) is 5.75 Å². The normalized spacial score (nSPS) is 19.5. The zero-order valence-corrected chi connectivity index (χ0v) is 17.3. The summed E-state index contributed by atoms with van der Waals surface area (Å²) < 4.78 is 5.49. The number of benzene rings is 2. The summed E-state index contributed by atoms with van der Waals surface area (Å²) in [4.78, 5) is 17.3. The van der Waals surface area contributed by atoms with Crippen molar-refractivity contribution in [1.82, 2.24) is 10.2 Å². The highest BCUT2D eigenvalue weighted by Gasteiger charge is 2.23. The van der Waals surface area contributed by atoms with Gasteiger partial charge in [-0.15, -0.1) is 0 Å². The highest BCUT2D eigenvalue weighted by Crippen LogP contribution is 2.30. The predicted molar refractivity (Wildman–Crippen MR) is 117 cm³/mol. The molecular weight excluding hydrogens is 362 g/mol. The molecule has 1 aliphatic carbocycles. The molecule has 0 bridgehead atoms. The van der Waals surface area contributed by atoms with E-state index in [2.05, 4.69) is 51.5 Å². The van der Waals surface area contributed by atoms with Gasteiger partial charge < -0.3 is 15.0 Å². The summed E-state index contributed by atoms with van der Waals surface area (Å²) in [5, 5.41) is 3.27. The third kappa shape index (κ3) is 4.73. The fourth-order valence-electron chi connectivity index (χ4n) is 4.53. The number of rotatable bonds is 6. The largest absolute Gasteiger partial charge is 0.495 e. The molecule has 2 aliphatic rings. The molecular formula is C24H31N3O2. The molecule has 1 fully saturated rings. The number of hydrogen-bond donors (Lipinski definition) is 1. The summed E-state index contributed by atoms with van der Waals surface area (Å²) >= 11 is 0. The number of aryl methyl sites for hydroxylation is 1. The molecule has 2 aromatic carbocycles. The van der Waals surface area contributed by atoms with Gasteiger partial charge in [0.15, 0.2) is 0 Å². The average Bonchev–Trinajstić information content (AvgIpc) is 2.78. The number of nitrogens with one attached hydrogen (secondary N) is 1. The first-order valence-electron chi connectivity index (χ1n) is 10.7. The van der Waals surface area contributed by atoms with Crippen molar-refractivity contribution in [3.63, 3.8) is 0 Å². The fraction of sp³-hybridized carbons (Fsp3) is 0.458. The van der Waals surface area contributed by atoms with E-state index in [1.54, 1.807) is 7.11 Å². The van der Waals surface area contributed by atoms with Crippen LogP contribution in [0.2, 0.25) is 0 Å². The zero-order valence-electron chi connectivity index (χ0n) is 17.3. The number of amides is 1. The minimum absolute atomic E-state index is 0.166. The van der Waals surface area contributed by atoms with Gasteiger partial charge in [0.25, 0.3) is 0 Å². The standard InChI is InChI=1S/C24H31N3O2/c1-29-23-12-5-4-11-22(23)27-17-15-26(16-18-27)14-13-24(28)25-21-10-6-8-19-7-2-3-9-20(19)21/h2-5,7,9,11-12,21H,6,8,10,13-18H2,1H3,(H,25,28). The molecule has 5 heteroatoms. The van der Waals surface area contributed by atoms with Crippen molar-refractivity contribution in [1.29, 1.82) is 0 Å². The minimum atomic E-state index is 0.166. The number of carbonyl (C=O) groups excluding carboxylic acids is 1. The highest BCUT2D eigenvalue weighted by atomic mass is 16.5. The number of piperazine rings is 1. The number of para-hydroxylation sites is 2. The lowest BCUT2D eigenvalue weighted by molar-refractivity contribution is -0.122. The molecule has 0 saturated carbocycles. The Morgan fingerprint density at radius 3 is 2.66 bits per heavy atom. The van der Waals surface area contributed by atoms with Gasteiger partial charge in [-0.25, -0.2) is 0 Å². The molecule has 1 atom stereocenters. The van der Waals surface area contributed by atoms with E-state index >= 15 is 0 Å². The molecule has 5 nitrogen and oxygen atoms in total. The molecule has 0 aromatic heterocycles. The Balaban J connectivity index is 1.24. The molecule has 1 saturated heterocycles. The van der Waals surface area contributed by atoms with Crippen LogP contribution in [0.25, 0.3) is 0 Å². The van der Waals surface area contributed by atoms with Gasteiger partial charge in [-0.1, -0.05) is 36.4 Å². The topological polar surface area (TPSA) is 44.8 Å². The quantitative estimate of drug-likeness (QED) is 0.817. The summed E-state index contributed by atoms with van der Waals surface area (Å²) in [6.45, 7) is 4.67. The molecule has 4 rings (SSSR count). The molecule has 0 radical (unpaired) electrons. The smallest absolute Gasteiger partial charge is 0.221 e. The van der Waals surface area contributed by atoms with Crippen LogP contribution < -0.4 is 15.0 Å². The maximum Gasteiger partial charge on any atom is 0.221 e. The molecule has 2 aromatic rings. The third-order valence-corrected chi connectivity index (χ3v) is 6.16. The number of fused-ring (bicyclic) bond motifs is 1. The molecule has 1 N–H and O–H groups in total. The SMILES string of the molecule is COc1ccccc1N1CCN(CCC(=O)NC2CCCc3ccccc32)CC1. The van der Waals surface area contributed by atoms with E-state index in [4.69, 9.17) is 4.74 Å². The monoisotopic (exact) mass is 393 g/mol. The molecule has 29 heavy (non-hydrogen) atoms. The Labute approximate surface area is 173 Å². The van der Waals surface area contributed by atoms with Crippen LogP contribution in [-0.4, -0.2) is 50.6 Å². The van der Waals surface area contributed by atoms with Gasteiger partial charge in [0.2, 0.25) is 5.91 Å². The second-order valence-electron chi connectivity index (χ2n) is 7.96. The molecule has 1 unspecified atom stereocenters. The van der Waals surface area contributed by atoms with E-state index in [0.29, 0.717) is 6.42 Å². The van der Waals surface area contributed by atoms with Gasteiger partial charge in [-0.05, 0) is 42.5 Å². The van der Waals surface area contributed by atoms with Crippen molar-refractivity contribution in [2.75, 3.05) is 44.7 Å². The summed E-state index contributed by atoms with van der Waals surface area (Å²) in [5.74, 6) is 1.09. The second-order valence-corrected chi connectivity index (χ2v) is 7.96. The Hall–Kier alpha value is -2.53. The van der Waals surface area contributed by atoms with E-state index in [1.165, 1.54) is 11.1 Å². The fourth-order valence-corrected chi connectivity index (χ4v) is 4.53. The molecule has 0 spiro atoms. The second kappa shape index (κ2) is 9.31. The van der Waals surface area contributed by atoms with E-state index in [9.17, 15) is 4.79 Å². The maximum absolute atomic E-state index is 12.6. The lowest BCUT2D eigenvalue weighted by atomic mass is 9.87. The minimum Gasteiger partial charge on any atom is -0.495 e. The first kappa shape index (κ1) is 19.8. The van der Waals surface area contributed by atoms with Crippen LogP contribution in [-0.2, 0) is 11.2 Å². The molecule has 154 valence electrons. The van der Waals surface area contributed by atoms with Crippen molar-refractivity contribution >= 4 is 11.6 Å². The number of anilines is 1. The van der Waals surface area contributed by atoms with Crippen molar-refractivity contribution in [3.8, 4) is 5.75 Å². The van der Waals surface area contributed by atoms with E-state index in [-0.39, 0.29) is 11.9 Å². The van der Waals surface area contributed by atoms with Crippen molar-refractivity contribution in [3.05, 3.63) is 59.7 Å². The highest BCUT2D eigenvalue weighted by molar-refractivity contribution is 5.76. The predicted octanol–water partition coefficient (Wildman–Crippen LogP) is 3.40. The summed E-state index contributed by atoms with van der Waals surface area (Å²) in [6, 6.07) is 16.9. The van der Waals surface area contributed by atoms with Crippen molar-refractivity contribution in [2.24, 2.45) is 0 Å². The molecule has 1 aliphatic heterocycles. The van der Waals surface area contributed by atoms with Crippen LogP contribution in [0.15, 0.2) is 48.5 Å². The number of ether oxygens (including phenoxy) is 1. The van der Waals surface area contributed by atoms with Crippen LogP contribution in [0.4, 0.5) is 5.69 Å². The zero-order chi connectivity index (χ0) is 20.1. The van der Waals surface area contributed by atoms with Crippen molar-refractivity contribution in [2.45, 2.75) is 31.7 Å². The Kier molecular flexibility index (Phi) is 6.35. The summed E-state index contributed by atoms with van der Waals surface area (Å²) in [6.07, 6.45) is 3.87. The number of methoxy groups -OCH3 is 1. The Morgan fingerprint density at radius 2 is 1.83 bits per heavy atom. The lowest BCUT2D eigenvalue weighted by Gasteiger charge is -2.36. The van der Waals surface area contributed by atoms with Crippen molar-refractivity contribution < 1.29 is 9.53 Å². The number of nitrogens with zero attached hydrogens (tertiary/aromatic N) is 2. The van der Waals surface area contributed by atoms with E-state index in [1.807, 2.05) is 12.1 Å². The number of carbonyl (C=O) groups is 1. The first-order chi connectivity index (χ1) is 14.2. The molecule has 1 amide bonds. The van der Waals surface area contributed by atoms with Crippen LogP contribution >= 0.6 is 0 Å². The van der Waals surface area contributed by atoms with Gasteiger partial charge in [-0.3, -0.25) is 9.69 Å². The summed E-state index contributed by atoms with van der Waals surface area (Å²) in [7, 11) is 1.72. The lowest BCUT2D eigenvalue weighted by Crippen LogP contribution is -2.47. The molecule has 1 heterocycles. The average molecular weight is 394 g/mol. The van der Waals surface area contributed by atoms with E-state index < -0.39 is 0 Å². The number of hydrogen-bond acceptors (Lipinski definition) is 4. The Bertz CT molecular complexity index is 830. The van der Waals surface area contributed by atoms with E-state index in [0.717, 1.165) is 63.4 Å². The van der Waals surface area contributed by atoms with Gasteiger partial charge in [0.1, 0.15) is 5.75 Å². The van der Waals surface area contributed by atoms with Crippen LogP contribution in [0, 0.1) is 0 Å². The van der Waals surface area contributed by atoms with Gasteiger partial charge >= 0.3 is 0 Å². The first-order valence-corrected chi connectivity index (χ1v) is 10.7. The van der Waals surface area contributed by atoms with Crippen LogP contribution in [0.3, 0.4) is 0 Å². The van der Waals surface area contributed by atoms with Gasteiger partial charge in [-0.2, -0.15) is 0 Å². The third-order valence-electron chi connectivity index (χ3n) is 6.16. The Morgan fingerprint density at radius 1 is 1.07 bits per heavy atom. The van der Waals surface area contributed by atoms with Gasteiger partial charge in [0, 0.05) is 39.1 Å². The van der Waals surface area contributed by atoms with Crippen LogP contribution in [0.1, 0.15) is 36.4 Å². The van der Waals surface area contributed by atoms with Gasteiger partial charge in [0.05, 0.1) is 18.8 Å². The maximum atomic E-state index is 12.6.